The van der Waals surface area contributed by atoms with E-state index in [2.05, 4.69) is 10.2 Å². The molecule has 0 saturated carbocycles. The van der Waals surface area contributed by atoms with Gasteiger partial charge in [-0.15, -0.1) is 0 Å². The molecule has 0 spiro atoms. The number of benzene rings is 2. The third-order valence-corrected chi connectivity index (χ3v) is 8.08. The lowest BCUT2D eigenvalue weighted by Crippen LogP contribution is -2.52. The Kier molecular flexibility index (Phi) is 10.2. The van der Waals surface area contributed by atoms with E-state index in [9.17, 15) is 27.6 Å². The van der Waals surface area contributed by atoms with Gasteiger partial charge in [0.2, 0.25) is 0 Å². The molecule has 1 atom stereocenters. The number of carbonyl (C=O) groups is 3. The van der Waals surface area contributed by atoms with Crippen LogP contribution in [0.15, 0.2) is 59.7 Å². The van der Waals surface area contributed by atoms with Crippen LogP contribution in [0, 0.1) is 11.3 Å². The number of amides is 4. The standard InChI is InChI=1S/C32H36F3N5O3/c1-22-27(30(42)40(29(22)41)26-14-13-25(21-36)28(20-26)32(33,34)35)12-8-3-4-9-15-38-16-18-39(19-17-38)31(43)37-23(2)24-10-6-5-7-11-24/h5-7,10-11,13-14,20,23H,3-4,8-9,12,15-19H2,1-2H3,(H,37,43). The number of hydrogen-bond acceptors (Lipinski definition) is 5. The molecule has 0 aromatic heterocycles. The van der Waals surface area contributed by atoms with Gasteiger partial charge in [0.25, 0.3) is 11.8 Å². The summed E-state index contributed by atoms with van der Waals surface area (Å²) >= 11 is 0. The number of rotatable bonds is 10. The zero-order valence-electron chi connectivity index (χ0n) is 24.4. The fourth-order valence-electron chi connectivity index (χ4n) is 5.48. The van der Waals surface area contributed by atoms with E-state index >= 15 is 0 Å². The number of urea groups is 1. The van der Waals surface area contributed by atoms with Gasteiger partial charge in [-0.25, -0.2) is 9.69 Å². The Hall–Kier alpha value is -4.17. The molecule has 0 bridgehead atoms. The van der Waals surface area contributed by atoms with Crippen LogP contribution in [0.1, 0.15) is 68.7 Å². The maximum atomic E-state index is 13.4. The number of nitrogens with one attached hydrogen (secondary N) is 1. The molecule has 1 N–H and O–H groups in total. The van der Waals surface area contributed by atoms with Crippen LogP contribution < -0.4 is 10.2 Å². The van der Waals surface area contributed by atoms with Crippen molar-refractivity contribution < 1.29 is 27.6 Å². The molecule has 11 heteroatoms. The number of anilines is 1. The maximum Gasteiger partial charge on any atom is 0.417 e. The lowest BCUT2D eigenvalue weighted by atomic mass is 10.0. The summed E-state index contributed by atoms with van der Waals surface area (Å²) in [5.74, 6) is -1.25. The summed E-state index contributed by atoms with van der Waals surface area (Å²) in [6.45, 7) is 7.33. The van der Waals surface area contributed by atoms with Gasteiger partial charge in [-0.05, 0) is 63.4 Å². The molecule has 8 nitrogen and oxygen atoms in total. The second-order valence-corrected chi connectivity index (χ2v) is 11.0. The van der Waals surface area contributed by atoms with Crippen molar-refractivity contribution in [2.75, 3.05) is 37.6 Å². The van der Waals surface area contributed by atoms with Crippen LogP contribution in [0.4, 0.5) is 23.7 Å². The van der Waals surface area contributed by atoms with Crippen molar-refractivity contribution in [3.8, 4) is 6.07 Å². The monoisotopic (exact) mass is 595 g/mol. The van der Waals surface area contributed by atoms with Crippen molar-refractivity contribution in [2.45, 2.75) is 58.2 Å². The minimum atomic E-state index is -4.79. The number of imide groups is 1. The molecule has 2 heterocycles. The first-order valence-electron chi connectivity index (χ1n) is 14.5. The summed E-state index contributed by atoms with van der Waals surface area (Å²) in [5.41, 5.74) is -0.323. The number of nitriles is 1. The van der Waals surface area contributed by atoms with Gasteiger partial charge in [0, 0.05) is 37.3 Å². The lowest BCUT2D eigenvalue weighted by molar-refractivity contribution is -0.138. The number of alkyl halides is 3. The van der Waals surface area contributed by atoms with Gasteiger partial charge in [0.1, 0.15) is 0 Å². The highest BCUT2D eigenvalue weighted by Crippen LogP contribution is 2.37. The molecule has 2 aliphatic rings. The average molecular weight is 596 g/mol. The Labute approximate surface area is 249 Å². The first-order valence-corrected chi connectivity index (χ1v) is 14.5. The van der Waals surface area contributed by atoms with E-state index in [1.165, 1.54) is 19.1 Å². The van der Waals surface area contributed by atoms with Crippen LogP contribution in [0.2, 0.25) is 0 Å². The fraction of sp³-hybridized carbons (Fsp3) is 0.438. The highest BCUT2D eigenvalue weighted by atomic mass is 19.4. The van der Waals surface area contributed by atoms with E-state index in [0.29, 0.717) is 37.6 Å². The summed E-state index contributed by atoms with van der Waals surface area (Å²) in [5, 5.41) is 12.1. The third-order valence-electron chi connectivity index (χ3n) is 8.08. The quantitative estimate of drug-likeness (QED) is 0.277. The van der Waals surface area contributed by atoms with Crippen molar-refractivity contribution in [3.05, 3.63) is 76.4 Å². The average Bonchev–Trinajstić information content (AvgIpc) is 3.21. The summed E-state index contributed by atoms with van der Waals surface area (Å²) in [6.07, 6.45) is -1.02. The molecular weight excluding hydrogens is 559 g/mol. The minimum absolute atomic E-state index is 0.0564. The van der Waals surface area contributed by atoms with E-state index < -0.39 is 29.1 Å². The lowest BCUT2D eigenvalue weighted by Gasteiger charge is -2.35. The van der Waals surface area contributed by atoms with E-state index in [1.54, 1.807) is 0 Å². The Morgan fingerprint density at radius 1 is 0.977 bits per heavy atom. The number of unbranched alkanes of at least 4 members (excludes halogenated alkanes) is 3. The molecule has 2 aromatic rings. The van der Waals surface area contributed by atoms with Gasteiger partial charge in [-0.1, -0.05) is 43.2 Å². The van der Waals surface area contributed by atoms with Gasteiger partial charge in [0.15, 0.2) is 0 Å². The van der Waals surface area contributed by atoms with Gasteiger partial charge in [-0.2, -0.15) is 18.4 Å². The van der Waals surface area contributed by atoms with E-state index in [0.717, 1.165) is 55.4 Å². The largest absolute Gasteiger partial charge is 0.417 e. The predicted molar refractivity (Wildman–Crippen MR) is 156 cm³/mol. The van der Waals surface area contributed by atoms with Crippen molar-refractivity contribution in [2.24, 2.45) is 0 Å². The van der Waals surface area contributed by atoms with Crippen LogP contribution in [0.25, 0.3) is 0 Å². The first-order chi connectivity index (χ1) is 20.5. The van der Waals surface area contributed by atoms with Gasteiger partial charge in [-0.3, -0.25) is 14.5 Å². The summed E-state index contributed by atoms with van der Waals surface area (Å²) < 4.78 is 40.2. The van der Waals surface area contributed by atoms with Crippen LogP contribution in [0.3, 0.4) is 0 Å². The third kappa shape index (κ3) is 7.62. The van der Waals surface area contributed by atoms with Crippen LogP contribution in [0.5, 0.6) is 0 Å². The first kappa shape index (κ1) is 31.8. The Morgan fingerprint density at radius 3 is 2.30 bits per heavy atom. The second-order valence-electron chi connectivity index (χ2n) is 11.0. The molecule has 228 valence electrons. The maximum absolute atomic E-state index is 13.4. The molecule has 2 aliphatic heterocycles. The number of hydrogen-bond donors (Lipinski definition) is 1. The van der Waals surface area contributed by atoms with Crippen LogP contribution in [-0.2, 0) is 15.8 Å². The zero-order valence-corrected chi connectivity index (χ0v) is 24.4. The number of piperazine rings is 1. The van der Waals surface area contributed by atoms with E-state index in [1.807, 2.05) is 42.2 Å². The Morgan fingerprint density at radius 2 is 1.65 bits per heavy atom. The summed E-state index contributed by atoms with van der Waals surface area (Å²) in [7, 11) is 0. The van der Waals surface area contributed by atoms with Crippen LogP contribution >= 0.6 is 0 Å². The van der Waals surface area contributed by atoms with Gasteiger partial charge in [0.05, 0.1) is 28.9 Å². The molecule has 1 saturated heterocycles. The SMILES string of the molecule is CC1=C(CCCCCCN2CCN(C(=O)NC(C)c3ccccc3)CC2)C(=O)N(c2ccc(C#N)c(C(F)(F)F)c2)C1=O. The molecule has 2 aromatic carbocycles. The van der Waals surface area contributed by atoms with Crippen LogP contribution in [-0.4, -0.2) is 60.4 Å². The number of halogens is 3. The van der Waals surface area contributed by atoms with Crippen molar-refractivity contribution in [3.63, 3.8) is 0 Å². The molecular formula is C32H36F3N5O3. The predicted octanol–water partition coefficient (Wildman–Crippen LogP) is 5.81. The summed E-state index contributed by atoms with van der Waals surface area (Å²) in [4.78, 5) is 43.4. The van der Waals surface area contributed by atoms with E-state index in [4.69, 9.17) is 5.26 Å². The number of nitrogens with zero attached hydrogens (tertiary/aromatic N) is 4. The molecule has 1 fully saturated rings. The highest BCUT2D eigenvalue weighted by molar-refractivity contribution is 6.32. The minimum Gasteiger partial charge on any atom is -0.331 e. The van der Waals surface area contributed by atoms with Crippen molar-refractivity contribution >= 4 is 23.5 Å². The number of carbonyl (C=O) groups excluding carboxylic acids is 3. The Bertz CT molecular complexity index is 1410. The normalized spacial score (nSPS) is 16.9. The summed E-state index contributed by atoms with van der Waals surface area (Å²) in [6, 6.07) is 14.1. The molecule has 1 unspecified atom stereocenters. The Balaban J connectivity index is 1.17. The second kappa shape index (κ2) is 13.9. The molecule has 43 heavy (non-hydrogen) atoms. The molecule has 0 aliphatic carbocycles. The zero-order chi connectivity index (χ0) is 31.1. The molecule has 4 rings (SSSR count). The van der Waals surface area contributed by atoms with Crippen molar-refractivity contribution in [1.29, 1.82) is 5.26 Å². The van der Waals surface area contributed by atoms with Crippen molar-refractivity contribution in [1.82, 2.24) is 15.1 Å². The topological polar surface area (TPSA) is 96.8 Å². The molecule has 0 radical (unpaired) electrons. The fourth-order valence-corrected chi connectivity index (χ4v) is 5.48. The highest BCUT2D eigenvalue weighted by Gasteiger charge is 2.39. The van der Waals surface area contributed by atoms with Gasteiger partial charge >= 0.3 is 12.2 Å². The van der Waals surface area contributed by atoms with Gasteiger partial charge < -0.3 is 10.2 Å². The molecule has 4 amide bonds. The van der Waals surface area contributed by atoms with E-state index in [-0.39, 0.29) is 23.3 Å². The smallest absolute Gasteiger partial charge is 0.331 e.